The first-order chi connectivity index (χ1) is 10.3. The van der Waals surface area contributed by atoms with Crippen molar-refractivity contribution in [3.63, 3.8) is 0 Å². The fraction of sp³-hybridized carbons (Fsp3) is 0.267. The Hall–Kier alpha value is -2.47. The Balaban J connectivity index is 1.73. The van der Waals surface area contributed by atoms with Crippen LogP contribution in [0.15, 0.2) is 42.7 Å². The first-order valence-electron chi connectivity index (χ1n) is 6.84. The van der Waals surface area contributed by atoms with Crippen molar-refractivity contribution in [2.75, 3.05) is 31.6 Å². The third-order valence-corrected chi connectivity index (χ3v) is 3.24. The van der Waals surface area contributed by atoms with Crippen molar-refractivity contribution in [2.24, 2.45) is 0 Å². The highest BCUT2D eigenvalue weighted by Crippen LogP contribution is 2.19. The lowest BCUT2D eigenvalue weighted by molar-refractivity contribution is 0.0564. The van der Waals surface area contributed by atoms with Crippen LogP contribution in [0.3, 0.4) is 0 Å². The second-order valence-electron chi connectivity index (χ2n) is 4.68. The molecule has 1 aromatic heterocycles. The average Bonchev–Trinajstić information content (AvgIpc) is 2.57. The van der Waals surface area contributed by atoms with Crippen LogP contribution >= 0.6 is 0 Å². The van der Waals surface area contributed by atoms with E-state index in [1.54, 1.807) is 23.4 Å². The molecule has 1 aliphatic rings. The topological polar surface area (TPSA) is 67.4 Å². The van der Waals surface area contributed by atoms with E-state index >= 15 is 0 Å². The Bertz CT molecular complexity index is 612. The largest absolute Gasteiger partial charge is 0.378 e. The van der Waals surface area contributed by atoms with Crippen LogP contribution < -0.4 is 5.32 Å². The lowest BCUT2D eigenvalue weighted by atomic mass is 10.2. The number of amides is 2. The molecule has 2 amide bonds. The van der Waals surface area contributed by atoms with Crippen LogP contribution in [0.5, 0.6) is 0 Å². The number of nitrogens with zero attached hydrogens (tertiary/aromatic N) is 3. The van der Waals surface area contributed by atoms with Gasteiger partial charge >= 0.3 is 6.03 Å². The Morgan fingerprint density at radius 3 is 2.67 bits per heavy atom. The zero-order chi connectivity index (χ0) is 14.5. The van der Waals surface area contributed by atoms with Crippen molar-refractivity contribution < 1.29 is 9.53 Å². The summed E-state index contributed by atoms with van der Waals surface area (Å²) in [6.07, 6.45) is 3.39. The second-order valence-corrected chi connectivity index (χ2v) is 4.68. The van der Waals surface area contributed by atoms with E-state index in [4.69, 9.17) is 4.74 Å². The molecule has 1 fully saturated rings. The number of hydrogen-bond donors (Lipinski definition) is 1. The average molecular weight is 284 g/mol. The van der Waals surface area contributed by atoms with Gasteiger partial charge in [0, 0.05) is 36.7 Å². The number of rotatable bonds is 2. The van der Waals surface area contributed by atoms with E-state index in [9.17, 15) is 4.79 Å². The molecule has 0 aliphatic carbocycles. The van der Waals surface area contributed by atoms with E-state index in [2.05, 4.69) is 15.3 Å². The zero-order valence-electron chi connectivity index (χ0n) is 11.5. The number of benzene rings is 1. The molecule has 0 bridgehead atoms. The molecular formula is C15H16N4O2. The highest BCUT2D eigenvalue weighted by Gasteiger charge is 2.16. The number of hydrogen-bond acceptors (Lipinski definition) is 4. The molecule has 108 valence electrons. The van der Waals surface area contributed by atoms with Crippen LogP contribution in [0.1, 0.15) is 0 Å². The summed E-state index contributed by atoms with van der Waals surface area (Å²) in [6, 6.07) is 9.18. The van der Waals surface area contributed by atoms with Crippen LogP contribution in [0.2, 0.25) is 0 Å². The molecule has 0 spiro atoms. The summed E-state index contributed by atoms with van der Waals surface area (Å²) in [7, 11) is 0. The number of urea groups is 1. The molecule has 6 heteroatoms. The Morgan fingerprint density at radius 1 is 1.14 bits per heavy atom. The summed E-state index contributed by atoms with van der Waals surface area (Å²) >= 11 is 0. The van der Waals surface area contributed by atoms with Crippen molar-refractivity contribution in [1.29, 1.82) is 0 Å². The maximum atomic E-state index is 12.1. The molecule has 1 saturated heterocycles. The Labute approximate surface area is 122 Å². The predicted molar refractivity (Wildman–Crippen MR) is 78.9 cm³/mol. The molecule has 0 radical (unpaired) electrons. The van der Waals surface area contributed by atoms with Crippen molar-refractivity contribution in [3.05, 3.63) is 42.7 Å². The molecule has 1 aliphatic heterocycles. The summed E-state index contributed by atoms with van der Waals surface area (Å²) in [5.41, 5.74) is 1.60. The minimum absolute atomic E-state index is 0.107. The maximum absolute atomic E-state index is 12.1. The van der Waals surface area contributed by atoms with Crippen LogP contribution in [-0.4, -0.2) is 47.2 Å². The molecule has 3 rings (SSSR count). The first kappa shape index (κ1) is 13.5. The quantitative estimate of drug-likeness (QED) is 0.916. The SMILES string of the molecule is O=C(Nc1cccc(-c2ncccn2)c1)N1CCOCC1. The first-order valence-corrected chi connectivity index (χ1v) is 6.84. The van der Waals surface area contributed by atoms with Crippen LogP contribution in [-0.2, 0) is 4.74 Å². The number of nitrogens with one attached hydrogen (secondary N) is 1. The number of morpholine rings is 1. The number of carbonyl (C=O) groups excluding carboxylic acids is 1. The van der Waals surface area contributed by atoms with Crippen LogP contribution in [0.4, 0.5) is 10.5 Å². The van der Waals surface area contributed by atoms with Crippen molar-refractivity contribution in [1.82, 2.24) is 14.9 Å². The van der Waals surface area contributed by atoms with E-state index in [0.29, 0.717) is 32.1 Å². The summed E-state index contributed by atoms with van der Waals surface area (Å²) in [5, 5.41) is 2.90. The lowest BCUT2D eigenvalue weighted by Crippen LogP contribution is -2.43. The van der Waals surface area contributed by atoms with Crippen molar-refractivity contribution in [3.8, 4) is 11.4 Å². The number of anilines is 1. The number of ether oxygens (including phenoxy) is 1. The second kappa shape index (κ2) is 6.32. The minimum Gasteiger partial charge on any atom is -0.378 e. The van der Waals surface area contributed by atoms with Gasteiger partial charge in [-0.3, -0.25) is 0 Å². The molecule has 2 heterocycles. The lowest BCUT2D eigenvalue weighted by Gasteiger charge is -2.26. The summed E-state index contributed by atoms with van der Waals surface area (Å²) in [5.74, 6) is 0.639. The van der Waals surface area contributed by atoms with Crippen molar-refractivity contribution in [2.45, 2.75) is 0 Å². The van der Waals surface area contributed by atoms with Gasteiger partial charge in [-0.05, 0) is 18.2 Å². The van der Waals surface area contributed by atoms with E-state index in [1.807, 2.05) is 24.3 Å². The minimum atomic E-state index is -0.107. The van der Waals surface area contributed by atoms with E-state index in [1.165, 1.54) is 0 Å². The molecule has 2 aromatic rings. The highest BCUT2D eigenvalue weighted by atomic mass is 16.5. The van der Waals surface area contributed by atoms with Gasteiger partial charge in [0.05, 0.1) is 13.2 Å². The van der Waals surface area contributed by atoms with Crippen LogP contribution in [0.25, 0.3) is 11.4 Å². The summed E-state index contributed by atoms with van der Waals surface area (Å²) < 4.78 is 5.24. The van der Waals surface area contributed by atoms with Crippen molar-refractivity contribution >= 4 is 11.7 Å². The molecule has 21 heavy (non-hydrogen) atoms. The Kier molecular flexibility index (Phi) is 4.07. The summed E-state index contributed by atoms with van der Waals surface area (Å²) in [6.45, 7) is 2.41. The highest BCUT2D eigenvalue weighted by molar-refractivity contribution is 5.90. The van der Waals surface area contributed by atoms with Crippen LogP contribution in [0, 0.1) is 0 Å². The predicted octanol–water partition coefficient (Wildman–Crippen LogP) is 2.01. The van der Waals surface area contributed by atoms with Gasteiger partial charge < -0.3 is 15.0 Å². The van der Waals surface area contributed by atoms with Gasteiger partial charge in [0.15, 0.2) is 5.82 Å². The molecule has 0 atom stereocenters. The van der Waals surface area contributed by atoms with Gasteiger partial charge in [-0.25, -0.2) is 14.8 Å². The van der Waals surface area contributed by atoms with E-state index in [-0.39, 0.29) is 6.03 Å². The molecule has 6 nitrogen and oxygen atoms in total. The van der Waals surface area contributed by atoms with Gasteiger partial charge in [-0.1, -0.05) is 12.1 Å². The maximum Gasteiger partial charge on any atom is 0.321 e. The van der Waals surface area contributed by atoms with Gasteiger partial charge in [-0.2, -0.15) is 0 Å². The third-order valence-electron chi connectivity index (χ3n) is 3.24. The Morgan fingerprint density at radius 2 is 1.90 bits per heavy atom. The van der Waals surface area contributed by atoms with E-state index < -0.39 is 0 Å². The molecule has 0 saturated carbocycles. The number of aromatic nitrogens is 2. The van der Waals surface area contributed by atoms with Gasteiger partial charge in [0.25, 0.3) is 0 Å². The third kappa shape index (κ3) is 3.35. The molecule has 0 unspecified atom stereocenters. The van der Waals surface area contributed by atoms with Gasteiger partial charge in [-0.15, -0.1) is 0 Å². The normalized spacial score (nSPS) is 14.8. The standard InChI is InChI=1S/C15H16N4O2/c20-15(19-7-9-21-10-8-19)18-13-4-1-3-12(11-13)14-16-5-2-6-17-14/h1-6,11H,7-10H2,(H,18,20). The fourth-order valence-electron chi connectivity index (χ4n) is 2.15. The summed E-state index contributed by atoms with van der Waals surface area (Å²) in [4.78, 5) is 22.3. The van der Waals surface area contributed by atoms with E-state index in [0.717, 1.165) is 11.3 Å². The van der Waals surface area contributed by atoms with Gasteiger partial charge in [0.2, 0.25) is 0 Å². The smallest absolute Gasteiger partial charge is 0.321 e. The molecular weight excluding hydrogens is 268 g/mol. The fourth-order valence-corrected chi connectivity index (χ4v) is 2.15. The molecule has 1 aromatic carbocycles. The van der Waals surface area contributed by atoms with Gasteiger partial charge in [0.1, 0.15) is 0 Å². The zero-order valence-corrected chi connectivity index (χ0v) is 11.5. The number of carbonyl (C=O) groups is 1. The monoisotopic (exact) mass is 284 g/mol. The molecule has 1 N–H and O–H groups in total.